The first-order chi connectivity index (χ1) is 9.63. The topological polar surface area (TPSA) is 57.8 Å². The lowest BCUT2D eigenvalue weighted by Crippen LogP contribution is -2.12. The van der Waals surface area contributed by atoms with Crippen molar-refractivity contribution in [1.82, 2.24) is 9.97 Å². The Labute approximate surface area is 124 Å². The zero-order chi connectivity index (χ0) is 14.1. The second kappa shape index (κ2) is 5.09. The number of nitrogens with zero attached hydrogens (tertiary/aromatic N) is 1. The molecule has 1 heterocycles. The highest BCUT2D eigenvalue weighted by Crippen LogP contribution is 2.24. The highest BCUT2D eigenvalue weighted by Gasteiger charge is 2.09. The van der Waals surface area contributed by atoms with E-state index in [9.17, 15) is 4.79 Å². The van der Waals surface area contributed by atoms with Crippen molar-refractivity contribution in [2.24, 2.45) is 0 Å². The summed E-state index contributed by atoms with van der Waals surface area (Å²) in [7, 11) is 0. The van der Waals surface area contributed by atoms with Crippen LogP contribution >= 0.6 is 15.9 Å². The van der Waals surface area contributed by atoms with Crippen molar-refractivity contribution in [1.29, 1.82) is 0 Å². The summed E-state index contributed by atoms with van der Waals surface area (Å²) in [5, 5.41) is 2.90. The highest BCUT2D eigenvalue weighted by molar-refractivity contribution is 9.10. The number of aromatic amines is 1. The smallest absolute Gasteiger partial charge is 0.255 e. The Kier molecular flexibility index (Phi) is 3.28. The van der Waals surface area contributed by atoms with E-state index in [0.29, 0.717) is 5.56 Å². The molecule has 3 aromatic rings. The molecule has 3 rings (SSSR count). The molecular formula is C15H12BrN3O. The van der Waals surface area contributed by atoms with Crippen LogP contribution in [0.2, 0.25) is 0 Å². The number of hydrogen-bond donors (Lipinski definition) is 2. The number of halogens is 1. The van der Waals surface area contributed by atoms with Gasteiger partial charge < -0.3 is 10.3 Å². The fourth-order valence-electron chi connectivity index (χ4n) is 2.01. The van der Waals surface area contributed by atoms with E-state index >= 15 is 0 Å². The molecule has 0 saturated heterocycles. The third-order valence-corrected chi connectivity index (χ3v) is 3.74. The molecule has 1 aromatic heterocycles. The van der Waals surface area contributed by atoms with Crippen molar-refractivity contribution in [2.45, 2.75) is 6.92 Å². The Bertz CT molecular complexity index is 795. The predicted octanol–water partition coefficient (Wildman–Crippen LogP) is 3.89. The Morgan fingerprint density at radius 2 is 2.10 bits per heavy atom. The van der Waals surface area contributed by atoms with Gasteiger partial charge in [-0.15, -0.1) is 0 Å². The molecule has 100 valence electrons. The molecule has 2 N–H and O–H groups in total. The number of rotatable bonds is 2. The first kappa shape index (κ1) is 12.9. The minimum absolute atomic E-state index is 0.146. The van der Waals surface area contributed by atoms with Gasteiger partial charge in [0, 0.05) is 10.0 Å². The largest absolute Gasteiger partial charge is 0.345 e. The summed E-state index contributed by atoms with van der Waals surface area (Å²) in [6.45, 7) is 1.98. The van der Waals surface area contributed by atoms with Crippen LogP contribution in [0, 0.1) is 6.92 Å². The van der Waals surface area contributed by atoms with E-state index in [-0.39, 0.29) is 5.91 Å². The number of aryl methyl sites for hydroxylation is 1. The van der Waals surface area contributed by atoms with E-state index in [1.54, 1.807) is 18.5 Å². The Morgan fingerprint density at radius 3 is 2.95 bits per heavy atom. The van der Waals surface area contributed by atoms with Crippen LogP contribution in [0.3, 0.4) is 0 Å². The highest BCUT2D eigenvalue weighted by atomic mass is 79.9. The number of carbonyl (C=O) groups is 1. The third kappa shape index (κ3) is 2.44. The number of anilines is 1. The molecule has 0 aliphatic rings. The van der Waals surface area contributed by atoms with Crippen molar-refractivity contribution in [3.8, 4) is 0 Å². The number of amides is 1. The predicted molar refractivity (Wildman–Crippen MR) is 82.9 cm³/mol. The summed E-state index contributed by atoms with van der Waals surface area (Å²) in [5.74, 6) is -0.146. The van der Waals surface area contributed by atoms with Crippen LogP contribution in [-0.4, -0.2) is 15.9 Å². The summed E-state index contributed by atoms with van der Waals surface area (Å²) in [4.78, 5) is 19.4. The molecule has 5 heteroatoms. The molecule has 4 nitrogen and oxygen atoms in total. The van der Waals surface area contributed by atoms with E-state index in [4.69, 9.17) is 0 Å². The van der Waals surface area contributed by atoms with Gasteiger partial charge in [0.1, 0.15) is 0 Å². The Morgan fingerprint density at radius 1 is 1.25 bits per heavy atom. The second-order valence-corrected chi connectivity index (χ2v) is 5.43. The lowest BCUT2D eigenvalue weighted by molar-refractivity contribution is 0.102. The zero-order valence-corrected chi connectivity index (χ0v) is 12.4. The number of imidazole rings is 1. The van der Waals surface area contributed by atoms with E-state index in [1.165, 1.54) is 0 Å². The first-order valence-electron chi connectivity index (χ1n) is 6.14. The molecule has 0 aliphatic heterocycles. The van der Waals surface area contributed by atoms with Gasteiger partial charge in [-0.2, -0.15) is 0 Å². The van der Waals surface area contributed by atoms with Crippen LogP contribution in [-0.2, 0) is 0 Å². The molecule has 0 atom stereocenters. The maximum atomic E-state index is 12.3. The Balaban J connectivity index is 1.90. The summed E-state index contributed by atoms with van der Waals surface area (Å²) in [6.07, 6.45) is 1.61. The fraction of sp³-hybridized carbons (Fsp3) is 0.0667. The van der Waals surface area contributed by atoms with Gasteiger partial charge in [0.25, 0.3) is 5.91 Å². The molecule has 0 aliphatic carbocycles. The molecular weight excluding hydrogens is 318 g/mol. The number of H-pyrrole nitrogens is 1. The van der Waals surface area contributed by atoms with Crippen LogP contribution < -0.4 is 5.32 Å². The second-order valence-electron chi connectivity index (χ2n) is 4.57. The molecule has 2 aromatic carbocycles. The molecule has 0 unspecified atom stereocenters. The summed E-state index contributed by atoms with van der Waals surface area (Å²) in [6, 6.07) is 11.2. The number of hydrogen-bond acceptors (Lipinski definition) is 2. The van der Waals surface area contributed by atoms with Gasteiger partial charge in [0.05, 0.1) is 23.0 Å². The van der Waals surface area contributed by atoms with Crippen LogP contribution in [0.1, 0.15) is 15.9 Å². The van der Waals surface area contributed by atoms with Gasteiger partial charge in [-0.25, -0.2) is 4.98 Å². The summed E-state index contributed by atoms with van der Waals surface area (Å²) in [5.41, 5.74) is 4.14. The quantitative estimate of drug-likeness (QED) is 0.749. The number of nitrogens with one attached hydrogen (secondary N) is 2. The number of aromatic nitrogens is 2. The maximum Gasteiger partial charge on any atom is 0.255 e. The SMILES string of the molecule is Cc1ccc(Br)c(NC(=O)c2ccc3nc[nH]c3c2)c1. The average Bonchev–Trinajstić information content (AvgIpc) is 2.90. The van der Waals surface area contributed by atoms with E-state index in [0.717, 1.165) is 26.8 Å². The molecule has 0 bridgehead atoms. The summed E-state index contributed by atoms with van der Waals surface area (Å²) < 4.78 is 0.860. The van der Waals surface area contributed by atoms with E-state index < -0.39 is 0 Å². The average molecular weight is 330 g/mol. The van der Waals surface area contributed by atoms with Crippen LogP contribution in [0.4, 0.5) is 5.69 Å². The summed E-state index contributed by atoms with van der Waals surface area (Å²) >= 11 is 3.43. The van der Waals surface area contributed by atoms with Gasteiger partial charge in [-0.1, -0.05) is 6.07 Å². The van der Waals surface area contributed by atoms with Crippen molar-refractivity contribution in [3.63, 3.8) is 0 Å². The lowest BCUT2D eigenvalue weighted by atomic mass is 10.1. The van der Waals surface area contributed by atoms with Crippen molar-refractivity contribution in [2.75, 3.05) is 5.32 Å². The molecule has 0 radical (unpaired) electrons. The van der Waals surface area contributed by atoms with Gasteiger partial charge in [-0.05, 0) is 58.7 Å². The Hall–Kier alpha value is -2.14. The third-order valence-electron chi connectivity index (χ3n) is 3.05. The standard InChI is InChI=1S/C15H12BrN3O/c1-9-2-4-11(16)13(6-9)19-15(20)10-3-5-12-14(7-10)18-8-17-12/h2-8H,1H3,(H,17,18)(H,19,20). The molecule has 1 amide bonds. The minimum Gasteiger partial charge on any atom is -0.345 e. The number of carbonyl (C=O) groups excluding carboxylic acids is 1. The monoisotopic (exact) mass is 329 g/mol. The molecule has 0 fully saturated rings. The van der Waals surface area contributed by atoms with Crippen molar-refractivity contribution in [3.05, 3.63) is 58.3 Å². The minimum atomic E-state index is -0.146. The van der Waals surface area contributed by atoms with Crippen LogP contribution in [0.15, 0.2) is 47.2 Å². The van der Waals surface area contributed by atoms with Crippen molar-refractivity contribution < 1.29 is 4.79 Å². The van der Waals surface area contributed by atoms with Gasteiger partial charge in [0.15, 0.2) is 0 Å². The van der Waals surface area contributed by atoms with Crippen molar-refractivity contribution >= 4 is 38.6 Å². The molecule has 0 saturated carbocycles. The van der Waals surface area contributed by atoms with Crippen LogP contribution in [0.25, 0.3) is 11.0 Å². The first-order valence-corrected chi connectivity index (χ1v) is 6.93. The normalized spacial score (nSPS) is 10.7. The molecule has 0 spiro atoms. The molecule has 20 heavy (non-hydrogen) atoms. The van der Waals surface area contributed by atoms with Gasteiger partial charge in [0.2, 0.25) is 0 Å². The number of benzene rings is 2. The maximum absolute atomic E-state index is 12.3. The van der Waals surface area contributed by atoms with Gasteiger partial charge in [-0.3, -0.25) is 4.79 Å². The number of fused-ring (bicyclic) bond motifs is 1. The van der Waals surface area contributed by atoms with E-state index in [1.807, 2.05) is 31.2 Å². The van der Waals surface area contributed by atoms with Crippen LogP contribution in [0.5, 0.6) is 0 Å². The fourth-order valence-corrected chi connectivity index (χ4v) is 2.35. The van der Waals surface area contributed by atoms with Gasteiger partial charge >= 0.3 is 0 Å². The van der Waals surface area contributed by atoms with E-state index in [2.05, 4.69) is 31.2 Å². The lowest BCUT2D eigenvalue weighted by Gasteiger charge is -2.08. The zero-order valence-electron chi connectivity index (χ0n) is 10.8.